The maximum Gasteiger partial charge on any atom is 2.00 e. The summed E-state index contributed by atoms with van der Waals surface area (Å²) in [4.78, 5) is 7.12. The SMILES string of the molecule is Cc1cc(C)c(-n2cccn2)[c-]c1-c1[n-]cnc1C(F)(F)F.[Pt+2].c1ccc([PH+](c2ccccc2)c2ccccc2)cc1. The van der Waals surface area contributed by atoms with Crippen molar-refractivity contribution in [3.05, 3.63) is 145 Å². The molecule has 4 aromatic carbocycles. The Morgan fingerprint density at radius 1 is 0.762 bits per heavy atom. The third-order valence-corrected chi connectivity index (χ3v) is 9.20. The molecular formula is C33H27F3N4PPt+. The standard InChI is InChI=1S/C18H15P.C15H11F3N4.Pt/c1-4-10-16(11-5-1)19(17-12-6-2-7-13-17)18-14-8-3-9-15-18;1-9-6-10(2)12(22-5-3-4-21-22)7-11(9)13-14(15(16,17)18)20-8-19-13;/h1-15H;3-6,8H,1-2H3;/q;-2;+2/p+1. The van der Waals surface area contributed by atoms with Gasteiger partial charge in [0.1, 0.15) is 15.9 Å². The molecule has 4 nitrogen and oxygen atoms in total. The van der Waals surface area contributed by atoms with E-state index in [2.05, 4.69) is 112 Å². The number of aryl methyl sites for hydroxylation is 2. The van der Waals surface area contributed by atoms with E-state index in [0.29, 0.717) is 11.3 Å². The molecule has 214 valence electrons. The van der Waals surface area contributed by atoms with Crippen LogP contribution in [-0.4, -0.2) is 14.8 Å². The van der Waals surface area contributed by atoms with E-state index < -0.39 is 19.8 Å². The van der Waals surface area contributed by atoms with E-state index in [9.17, 15) is 13.2 Å². The Kier molecular flexibility index (Phi) is 10.3. The molecular weight excluding hydrogens is 735 g/mol. The van der Waals surface area contributed by atoms with Gasteiger partial charge in [-0.05, 0) is 53.8 Å². The fourth-order valence-electron chi connectivity index (χ4n) is 4.64. The van der Waals surface area contributed by atoms with Crippen LogP contribution < -0.4 is 20.9 Å². The molecule has 6 rings (SSSR count). The first-order valence-electron chi connectivity index (χ1n) is 12.9. The van der Waals surface area contributed by atoms with E-state index in [1.807, 2.05) is 6.92 Å². The van der Waals surface area contributed by atoms with Gasteiger partial charge < -0.3 is 9.97 Å². The Labute approximate surface area is 258 Å². The molecule has 0 spiro atoms. The number of rotatable bonds is 5. The average molecular weight is 763 g/mol. The van der Waals surface area contributed by atoms with Crippen molar-refractivity contribution in [2.45, 2.75) is 20.0 Å². The first-order chi connectivity index (χ1) is 19.8. The quantitative estimate of drug-likeness (QED) is 0.149. The zero-order valence-electron chi connectivity index (χ0n) is 22.8. The summed E-state index contributed by atoms with van der Waals surface area (Å²) >= 11 is 0. The van der Waals surface area contributed by atoms with E-state index in [-0.39, 0.29) is 32.3 Å². The number of imidazole rings is 1. The minimum absolute atomic E-state index is 0. The van der Waals surface area contributed by atoms with Gasteiger partial charge in [0.25, 0.3) is 0 Å². The van der Waals surface area contributed by atoms with Crippen molar-refractivity contribution < 1.29 is 34.2 Å². The van der Waals surface area contributed by atoms with Gasteiger partial charge in [0, 0.05) is 12.4 Å². The summed E-state index contributed by atoms with van der Waals surface area (Å²) in [5.41, 5.74) is 1.17. The largest absolute Gasteiger partial charge is 2.00 e. The van der Waals surface area contributed by atoms with Crippen molar-refractivity contribution in [1.29, 1.82) is 0 Å². The van der Waals surface area contributed by atoms with Crippen molar-refractivity contribution >= 4 is 23.8 Å². The Morgan fingerprint density at radius 3 is 1.74 bits per heavy atom. The monoisotopic (exact) mass is 762 g/mol. The molecule has 0 saturated carbocycles. The van der Waals surface area contributed by atoms with E-state index >= 15 is 0 Å². The van der Waals surface area contributed by atoms with Crippen LogP contribution in [0.1, 0.15) is 16.8 Å². The van der Waals surface area contributed by atoms with Crippen LogP contribution in [-0.2, 0) is 27.2 Å². The second kappa shape index (κ2) is 13.9. The third kappa shape index (κ3) is 7.15. The molecule has 0 atom stereocenters. The van der Waals surface area contributed by atoms with Gasteiger partial charge in [-0.25, -0.2) is 0 Å². The minimum Gasteiger partial charge on any atom is -0.488 e. The molecule has 0 aliphatic rings. The number of hydrogen-bond acceptors (Lipinski definition) is 2. The molecule has 0 bridgehead atoms. The summed E-state index contributed by atoms with van der Waals surface area (Å²) in [5.74, 6) is 0. The summed E-state index contributed by atoms with van der Waals surface area (Å²) in [6, 6.07) is 39.0. The first kappa shape index (κ1) is 31.2. The minimum atomic E-state index is -4.55. The number of nitrogens with zero attached hydrogens (tertiary/aromatic N) is 4. The molecule has 2 heterocycles. The number of benzene rings is 4. The smallest absolute Gasteiger partial charge is 0.488 e. The van der Waals surface area contributed by atoms with E-state index in [1.54, 1.807) is 36.1 Å². The van der Waals surface area contributed by atoms with E-state index in [0.717, 1.165) is 11.9 Å². The summed E-state index contributed by atoms with van der Waals surface area (Å²) in [6.07, 6.45) is -0.336. The van der Waals surface area contributed by atoms with Crippen molar-refractivity contribution in [2.75, 3.05) is 0 Å². The van der Waals surface area contributed by atoms with Crippen LogP contribution in [0.5, 0.6) is 0 Å². The zero-order valence-corrected chi connectivity index (χ0v) is 26.1. The predicted molar refractivity (Wildman–Crippen MR) is 160 cm³/mol. The van der Waals surface area contributed by atoms with Gasteiger partial charge in [0.05, 0.1) is 7.92 Å². The normalized spacial score (nSPS) is 11.0. The molecule has 0 aliphatic heterocycles. The van der Waals surface area contributed by atoms with Gasteiger partial charge in [0.15, 0.2) is 0 Å². The Bertz CT molecular complexity index is 1590. The summed E-state index contributed by atoms with van der Waals surface area (Å²) in [7, 11) is -0.877. The van der Waals surface area contributed by atoms with Crippen molar-refractivity contribution in [3.8, 4) is 16.9 Å². The van der Waals surface area contributed by atoms with Crippen molar-refractivity contribution in [3.63, 3.8) is 0 Å². The Hall–Kier alpha value is -3.79. The van der Waals surface area contributed by atoms with E-state index in [1.165, 1.54) is 15.9 Å². The van der Waals surface area contributed by atoms with Gasteiger partial charge in [0.2, 0.25) is 0 Å². The Balaban J connectivity index is 0.000000190. The number of halogens is 3. The van der Waals surface area contributed by atoms with Crippen LogP contribution in [0.25, 0.3) is 16.9 Å². The van der Waals surface area contributed by atoms with Gasteiger partial charge in [-0.3, -0.25) is 4.68 Å². The van der Waals surface area contributed by atoms with Gasteiger partial charge in [-0.15, -0.1) is 40.8 Å². The van der Waals surface area contributed by atoms with Crippen LogP contribution in [0.15, 0.2) is 122 Å². The summed E-state index contributed by atoms with van der Waals surface area (Å²) < 4.78 is 40.6. The van der Waals surface area contributed by atoms with Crippen LogP contribution in [0.3, 0.4) is 0 Å². The van der Waals surface area contributed by atoms with Gasteiger partial charge in [-0.2, -0.15) is 18.3 Å². The van der Waals surface area contributed by atoms with Crippen molar-refractivity contribution in [1.82, 2.24) is 19.7 Å². The molecule has 9 heteroatoms. The molecule has 0 amide bonds. The summed E-state index contributed by atoms with van der Waals surface area (Å²) in [5, 5.41) is 8.40. The van der Waals surface area contributed by atoms with Gasteiger partial charge in [-0.1, -0.05) is 68.4 Å². The summed E-state index contributed by atoms with van der Waals surface area (Å²) in [6.45, 7) is 3.58. The second-order valence-corrected chi connectivity index (χ2v) is 11.8. The molecule has 42 heavy (non-hydrogen) atoms. The molecule has 0 fully saturated rings. The predicted octanol–water partition coefficient (Wildman–Crippen LogP) is 6.50. The first-order valence-corrected chi connectivity index (χ1v) is 14.4. The van der Waals surface area contributed by atoms with Crippen LogP contribution in [0.4, 0.5) is 13.2 Å². The molecule has 0 N–H and O–H groups in total. The Morgan fingerprint density at radius 2 is 1.29 bits per heavy atom. The second-order valence-electron chi connectivity index (χ2n) is 9.35. The fraction of sp³-hybridized carbons (Fsp3) is 0.0909. The number of hydrogen-bond donors (Lipinski definition) is 0. The number of alkyl halides is 3. The maximum absolute atomic E-state index is 13.0. The van der Waals surface area contributed by atoms with Crippen LogP contribution >= 0.6 is 7.92 Å². The molecule has 6 aromatic rings. The third-order valence-electron chi connectivity index (χ3n) is 6.47. The fourth-order valence-corrected chi connectivity index (χ4v) is 7.21. The zero-order chi connectivity index (χ0) is 28.8. The maximum atomic E-state index is 13.0. The van der Waals surface area contributed by atoms with Crippen LogP contribution in [0.2, 0.25) is 0 Å². The van der Waals surface area contributed by atoms with E-state index in [4.69, 9.17) is 0 Å². The molecule has 0 radical (unpaired) electrons. The van der Waals surface area contributed by atoms with Crippen LogP contribution in [0, 0.1) is 19.9 Å². The average Bonchev–Trinajstić information content (AvgIpc) is 3.69. The number of aromatic nitrogens is 4. The molecule has 2 aromatic heterocycles. The molecule has 0 unspecified atom stereocenters. The molecule has 0 saturated heterocycles. The topological polar surface area (TPSA) is 44.8 Å². The molecule has 0 aliphatic carbocycles. The van der Waals surface area contributed by atoms with Gasteiger partial charge >= 0.3 is 27.2 Å². The van der Waals surface area contributed by atoms with Crippen molar-refractivity contribution in [2.24, 2.45) is 0 Å².